The molecule has 2 aromatic rings. The molecule has 1 heterocycles. The number of hydrogen-bond acceptors (Lipinski definition) is 6. The SMILES string of the molecule is CSCC[C@H](N)C(=O)Nc1ccc(-c2noc(C(F)(F)F)n2)cc1.Cl. The largest absolute Gasteiger partial charge is 0.471 e. The maximum absolute atomic E-state index is 12.4. The van der Waals surface area contributed by atoms with E-state index in [1.54, 1.807) is 11.8 Å². The number of carbonyl (C=O) groups is 1. The monoisotopic (exact) mass is 396 g/mol. The summed E-state index contributed by atoms with van der Waals surface area (Å²) in [5, 5.41) is 5.93. The molecule has 0 aliphatic heterocycles. The summed E-state index contributed by atoms with van der Waals surface area (Å²) in [6.45, 7) is 0. The van der Waals surface area contributed by atoms with E-state index in [-0.39, 0.29) is 24.1 Å². The summed E-state index contributed by atoms with van der Waals surface area (Å²) >= 11 is 1.59. The van der Waals surface area contributed by atoms with Crippen LogP contribution in [0.2, 0.25) is 0 Å². The van der Waals surface area contributed by atoms with Crippen LogP contribution in [0.5, 0.6) is 0 Å². The van der Waals surface area contributed by atoms with Gasteiger partial charge in [0.25, 0.3) is 0 Å². The van der Waals surface area contributed by atoms with Crippen LogP contribution in [0, 0.1) is 0 Å². The average Bonchev–Trinajstić information content (AvgIpc) is 3.03. The van der Waals surface area contributed by atoms with E-state index in [1.807, 2.05) is 6.26 Å². The van der Waals surface area contributed by atoms with Gasteiger partial charge >= 0.3 is 12.1 Å². The zero-order valence-corrected chi connectivity index (χ0v) is 14.7. The molecule has 0 fully saturated rings. The number of benzene rings is 1. The average molecular weight is 397 g/mol. The zero-order valence-electron chi connectivity index (χ0n) is 13.0. The van der Waals surface area contributed by atoms with Crippen molar-refractivity contribution in [3.8, 4) is 11.4 Å². The Morgan fingerprint density at radius 3 is 2.52 bits per heavy atom. The molecule has 0 aliphatic carbocycles. The second-order valence-corrected chi connectivity index (χ2v) is 5.86. The van der Waals surface area contributed by atoms with Crippen LogP contribution in [0.3, 0.4) is 0 Å². The van der Waals surface area contributed by atoms with Gasteiger partial charge in [-0.15, -0.1) is 12.4 Å². The number of nitrogens with two attached hydrogens (primary N) is 1. The van der Waals surface area contributed by atoms with Gasteiger partial charge < -0.3 is 15.6 Å². The van der Waals surface area contributed by atoms with Crippen molar-refractivity contribution in [2.24, 2.45) is 5.73 Å². The van der Waals surface area contributed by atoms with Crippen LogP contribution in [-0.2, 0) is 11.0 Å². The molecule has 0 unspecified atom stereocenters. The van der Waals surface area contributed by atoms with Crippen molar-refractivity contribution in [2.45, 2.75) is 18.6 Å². The maximum Gasteiger partial charge on any atom is 0.471 e. The maximum atomic E-state index is 12.4. The summed E-state index contributed by atoms with van der Waals surface area (Å²) in [7, 11) is 0. The van der Waals surface area contributed by atoms with Crippen LogP contribution < -0.4 is 11.1 Å². The van der Waals surface area contributed by atoms with Crippen LogP contribution in [0.15, 0.2) is 28.8 Å². The summed E-state index contributed by atoms with van der Waals surface area (Å²) in [6.07, 6.45) is -2.22. The molecule has 1 amide bonds. The van der Waals surface area contributed by atoms with Crippen LogP contribution in [-0.4, -0.2) is 34.1 Å². The first-order valence-electron chi connectivity index (χ1n) is 6.88. The Morgan fingerprint density at radius 1 is 1.36 bits per heavy atom. The zero-order chi connectivity index (χ0) is 17.7. The number of amides is 1. The van der Waals surface area contributed by atoms with Crippen LogP contribution in [0.25, 0.3) is 11.4 Å². The Hall–Kier alpha value is -1.78. The number of aromatic nitrogens is 2. The molecule has 0 spiro atoms. The Morgan fingerprint density at radius 2 is 2.00 bits per heavy atom. The van der Waals surface area contributed by atoms with Gasteiger partial charge in [0.2, 0.25) is 11.7 Å². The van der Waals surface area contributed by atoms with Crippen molar-refractivity contribution in [3.05, 3.63) is 30.2 Å². The Balaban J connectivity index is 0.00000312. The molecular weight excluding hydrogens is 381 g/mol. The van der Waals surface area contributed by atoms with E-state index in [9.17, 15) is 18.0 Å². The molecule has 0 radical (unpaired) electrons. The molecule has 1 aromatic heterocycles. The fraction of sp³-hybridized carbons (Fsp3) is 0.357. The smallest absolute Gasteiger partial charge is 0.329 e. The lowest BCUT2D eigenvalue weighted by atomic mass is 10.2. The van der Waals surface area contributed by atoms with E-state index < -0.39 is 18.1 Å². The predicted molar refractivity (Wildman–Crippen MR) is 91.6 cm³/mol. The predicted octanol–water partition coefficient (Wildman–Crippen LogP) is 3.20. The van der Waals surface area contributed by atoms with E-state index in [4.69, 9.17) is 5.73 Å². The number of nitrogens with one attached hydrogen (secondary N) is 1. The van der Waals surface area contributed by atoms with Gasteiger partial charge in [0, 0.05) is 11.3 Å². The second kappa shape index (κ2) is 9.07. The minimum Gasteiger partial charge on any atom is -0.329 e. The lowest BCUT2D eigenvalue weighted by molar-refractivity contribution is -0.159. The molecule has 1 atom stereocenters. The van der Waals surface area contributed by atoms with E-state index >= 15 is 0 Å². The lowest BCUT2D eigenvalue weighted by Crippen LogP contribution is -2.36. The van der Waals surface area contributed by atoms with E-state index in [0.29, 0.717) is 17.7 Å². The highest BCUT2D eigenvalue weighted by atomic mass is 35.5. The van der Waals surface area contributed by atoms with Crippen molar-refractivity contribution in [1.29, 1.82) is 0 Å². The van der Waals surface area contributed by atoms with E-state index in [1.165, 1.54) is 24.3 Å². The first kappa shape index (κ1) is 21.3. The summed E-state index contributed by atoms with van der Waals surface area (Å²) in [5.41, 5.74) is 6.56. The van der Waals surface area contributed by atoms with E-state index in [0.717, 1.165) is 5.75 Å². The molecule has 1 aromatic carbocycles. The Labute approximate surface area is 152 Å². The fourth-order valence-corrected chi connectivity index (χ4v) is 2.26. The lowest BCUT2D eigenvalue weighted by Gasteiger charge is -2.11. The first-order chi connectivity index (χ1) is 11.3. The van der Waals surface area contributed by atoms with Gasteiger partial charge in [-0.1, -0.05) is 5.16 Å². The molecular formula is C14H16ClF3N4O2S. The third-order valence-corrected chi connectivity index (χ3v) is 3.69. The summed E-state index contributed by atoms with van der Waals surface area (Å²) in [6, 6.07) is 5.39. The number of alkyl halides is 3. The highest BCUT2D eigenvalue weighted by Gasteiger charge is 2.38. The van der Waals surface area contributed by atoms with Crippen molar-refractivity contribution < 1.29 is 22.5 Å². The molecule has 6 nitrogen and oxygen atoms in total. The highest BCUT2D eigenvalue weighted by Crippen LogP contribution is 2.29. The molecule has 0 aliphatic rings. The van der Waals surface area contributed by atoms with Crippen molar-refractivity contribution >= 4 is 35.8 Å². The van der Waals surface area contributed by atoms with Crippen LogP contribution >= 0.6 is 24.2 Å². The number of halogens is 4. The van der Waals surface area contributed by atoms with Crippen LogP contribution in [0.4, 0.5) is 18.9 Å². The van der Waals surface area contributed by atoms with Gasteiger partial charge in [-0.2, -0.15) is 29.9 Å². The van der Waals surface area contributed by atoms with E-state index in [2.05, 4.69) is 20.0 Å². The normalized spacial score (nSPS) is 12.4. The number of anilines is 1. The first-order valence-corrected chi connectivity index (χ1v) is 8.27. The summed E-state index contributed by atoms with van der Waals surface area (Å²) < 4.78 is 41.5. The van der Waals surface area contributed by atoms with Gasteiger partial charge in [0.15, 0.2) is 0 Å². The van der Waals surface area contributed by atoms with Crippen molar-refractivity contribution in [2.75, 3.05) is 17.3 Å². The molecule has 25 heavy (non-hydrogen) atoms. The molecule has 0 saturated carbocycles. The minimum absolute atomic E-state index is 0. The summed E-state index contributed by atoms with van der Waals surface area (Å²) in [5.74, 6) is -1.14. The van der Waals surface area contributed by atoms with Gasteiger partial charge in [-0.25, -0.2) is 0 Å². The molecule has 0 saturated heterocycles. The van der Waals surface area contributed by atoms with Crippen LogP contribution in [0.1, 0.15) is 12.3 Å². The molecule has 11 heteroatoms. The van der Waals surface area contributed by atoms with Gasteiger partial charge in [-0.3, -0.25) is 4.79 Å². The number of rotatable bonds is 6. The minimum atomic E-state index is -4.69. The number of thioether (sulfide) groups is 1. The third-order valence-electron chi connectivity index (χ3n) is 3.05. The Bertz CT molecular complexity index is 694. The molecule has 138 valence electrons. The highest BCUT2D eigenvalue weighted by molar-refractivity contribution is 7.98. The topological polar surface area (TPSA) is 94.0 Å². The van der Waals surface area contributed by atoms with Gasteiger partial charge in [-0.05, 0) is 42.7 Å². The second-order valence-electron chi connectivity index (χ2n) is 4.88. The summed E-state index contributed by atoms with van der Waals surface area (Å²) in [4.78, 5) is 15.2. The molecule has 2 rings (SSSR count). The van der Waals surface area contributed by atoms with Crippen molar-refractivity contribution in [3.63, 3.8) is 0 Å². The van der Waals surface area contributed by atoms with Crippen molar-refractivity contribution in [1.82, 2.24) is 10.1 Å². The van der Waals surface area contributed by atoms with Gasteiger partial charge in [0.1, 0.15) is 0 Å². The standard InChI is InChI=1S/C14H15F3N4O2S.ClH/c1-24-7-6-10(18)12(22)19-9-4-2-8(3-5-9)11-20-13(23-21-11)14(15,16)17;/h2-5,10H,6-7,18H2,1H3,(H,19,22);1H/t10-;/m0./s1. The molecule has 0 bridgehead atoms. The van der Waals surface area contributed by atoms with Gasteiger partial charge in [0.05, 0.1) is 6.04 Å². The fourth-order valence-electron chi connectivity index (χ4n) is 1.77. The number of nitrogens with zero attached hydrogens (tertiary/aromatic N) is 2. The number of hydrogen-bond donors (Lipinski definition) is 2. The third kappa shape index (κ3) is 5.91. The molecule has 3 N–H and O–H groups in total. The number of carbonyl (C=O) groups excluding carboxylic acids is 1. The quantitative estimate of drug-likeness (QED) is 0.778. The Kier molecular flexibility index (Phi) is 7.71.